The lowest BCUT2D eigenvalue weighted by molar-refractivity contribution is -0.141. The summed E-state index contributed by atoms with van der Waals surface area (Å²) < 4.78 is 37.8. The molecular formula is C16H18Cl2F3IN6. The molecule has 0 aliphatic carbocycles. The van der Waals surface area contributed by atoms with E-state index in [1.165, 1.54) is 0 Å². The number of hydrogen-bond donors (Lipinski definition) is 3. The van der Waals surface area contributed by atoms with Gasteiger partial charge in [0.1, 0.15) is 5.69 Å². The quantitative estimate of drug-likeness (QED) is 0.214. The van der Waals surface area contributed by atoms with Crippen molar-refractivity contribution >= 4 is 59.1 Å². The highest BCUT2D eigenvalue weighted by molar-refractivity contribution is 14.0. The molecule has 1 heterocycles. The van der Waals surface area contributed by atoms with Crippen molar-refractivity contribution < 1.29 is 13.2 Å². The minimum Gasteiger partial charge on any atom is -0.370 e. The highest BCUT2D eigenvalue weighted by atomic mass is 127. The largest absolute Gasteiger partial charge is 0.433 e. The molecule has 6 nitrogen and oxygen atoms in total. The summed E-state index contributed by atoms with van der Waals surface area (Å²) in [5, 5.41) is 6.67. The number of alkyl halides is 3. The molecule has 154 valence electrons. The Morgan fingerprint density at radius 2 is 2.00 bits per heavy atom. The first kappa shape index (κ1) is 24.5. The zero-order chi connectivity index (χ0) is 20.0. The molecule has 2 aromatic rings. The number of aliphatic imine (C=N–C) groups is 1. The van der Waals surface area contributed by atoms with Crippen LogP contribution in [0.4, 0.5) is 19.1 Å². The number of nitrogens with zero attached hydrogens (tertiary/aromatic N) is 3. The second-order valence-electron chi connectivity index (χ2n) is 5.49. The van der Waals surface area contributed by atoms with E-state index in [0.717, 1.165) is 17.8 Å². The van der Waals surface area contributed by atoms with Crippen LogP contribution in [0, 0.1) is 0 Å². The van der Waals surface area contributed by atoms with Crippen molar-refractivity contribution in [3.63, 3.8) is 0 Å². The fourth-order valence-electron chi connectivity index (χ4n) is 2.14. The van der Waals surface area contributed by atoms with Crippen molar-refractivity contribution in [2.24, 2.45) is 10.7 Å². The van der Waals surface area contributed by atoms with E-state index >= 15 is 0 Å². The first-order chi connectivity index (χ1) is 12.7. The number of benzene rings is 1. The van der Waals surface area contributed by atoms with Gasteiger partial charge in [0.05, 0.1) is 12.6 Å². The van der Waals surface area contributed by atoms with Gasteiger partial charge in [-0.3, -0.25) is 4.99 Å². The standard InChI is InChI=1S/C16H17Cl2F3N6.HI/c1-9(11-3-2-10(17)8-12(11)18)26-14(22)23-6-7-25-15-24-5-4-13(27-15)16(19,20)21;/h2-5,8-9H,6-7H2,1H3,(H3,22,23,26)(H,24,25,27);1H. The second-order valence-corrected chi connectivity index (χ2v) is 6.33. The fraction of sp³-hybridized carbons (Fsp3) is 0.312. The molecule has 1 aromatic heterocycles. The highest BCUT2D eigenvalue weighted by Gasteiger charge is 2.32. The zero-order valence-electron chi connectivity index (χ0n) is 14.6. The van der Waals surface area contributed by atoms with Gasteiger partial charge in [0, 0.05) is 22.8 Å². The first-order valence-electron chi connectivity index (χ1n) is 7.82. The Balaban J connectivity index is 0.00000392. The van der Waals surface area contributed by atoms with E-state index in [1.807, 2.05) is 6.92 Å². The van der Waals surface area contributed by atoms with Gasteiger partial charge in [-0.1, -0.05) is 29.3 Å². The van der Waals surface area contributed by atoms with Gasteiger partial charge in [0.25, 0.3) is 0 Å². The Hall–Kier alpha value is -1.53. The van der Waals surface area contributed by atoms with E-state index in [9.17, 15) is 13.2 Å². The van der Waals surface area contributed by atoms with Crippen molar-refractivity contribution in [3.05, 3.63) is 51.8 Å². The summed E-state index contributed by atoms with van der Waals surface area (Å²) in [5.74, 6) is 0.0353. The molecule has 0 aliphatic rings. The predicted molar refractivity (Wildman–Crippen MR) is 115 cm³/mol. The van der Waals surface area contributed by atoms with Gasteiger partial charge in [-0.25, -0.2) is 9.97 Å². The van der Waals surface area contributed by atoms with Crippen LogP contribution in [-0.2, 0) is 6.18 Å². The average Bonchev–Trinajstić information content (AvgIpc) is 2.58. The van der Waals surface area contributed by atoms with Gasteiger partial charge >= 0.3 is 6.18 Å². The molecule has 4 N–H and O–H groups in total. The molecule has 0 bridgehead atoms. The van der Waals surface area contributed by atoms with Gasteiger partial charge in [-0.15, -0.1) is 24.0 Å². The number of nitrogens with one attached hydrogen (secondary N) is 2. The maximum atomic E-state index is 12.6. The summed E-state index contributed by atoms with van der Waals surface area (Å²) in [5.41, 5.74) is 5.60. The van der Waals surface area contributed by atoms with Crippen LogP contribution < -0.4 is 16.4 Å². The molecule has 0 spiro atoms. The van der Waals surface area contributed by atoms with E-state index in [-0.39, 0.29) is 55.0 Å². The summed E-state index contributed by atoms with van der Waals surface area (Å²) in [7, 11) is 0. The molecule has 2 rings (SSSR count). The summed E-state index contributed by atoms with van der Waals surface area (Å²) >= 11 is 12.0. The fourth-order valence-corrected chi connectivity index (χ4v) is 2.72. The van der Waals surface area contributed by atoms with Gasteiger partial charge in [0.15, 0.2) is 5.96 Å². The lowest BCUT2D eigenvalue weighted by atomic mass is 10.1. The van der Waals surface area contributed by atoms with Crippen LogP contribution in [0.25, 0.3) is 0 Å². The number of rotatable bonds is 6. The highest BCUT2D eigenvalue weighted by Crippen LogP contribution is 2.27. The summed E-state index contributed by atoms with van der Waals surface area (Å²) in [6.45, 7) is 2.27. The average molecular weight is 549 g/mol. The van der Waals surface area contributed by atoms with Crippen LogP contribution in [0.3, 0.4) is 0 Å². The second kappa shape index (κ2) is 10.9. The Bertz CT molecular complexity index is 819. The Labute approximate surface area is 187 Å². The number of aromatic nitrogens is 2. The molecule has 0 radical (unpaired) electrons. The summed E-state index contributed by atoms with van der Waals surface area (Å²) in [6.07, 6.45) is -3.49. The van der Waals surface area contributed by atoms with E-state index in [0.29, 0.717) is 10.0 Å². The molecule has 0 saturated carbocycles. The van der Waals surface area contributed by atoms with Gasteiger partial charge in [-0.05, 0) is 30.7 Å². The van der Waals surface area contributed by atoms with Crippen molar-refractivity contribution in [1.82, 2.24) is 15.3 Å². The van der Waals surface area contributed by atoms with Crippen molar-refractivity contribution in [2.75, 3.05) is 18.4 Å². The molecule has 0 saturated heterocycles. The zero-order valence-corrected chi connectivity index (χ0v) is 18.4. The number of guanidine groups is 1. The minimum atomic E-state index is -4.52. The van der Waals surface area contributed by atoms with Crippen LogP contribution >= 0.6 is 47.2 Å². The predicted octanol–water partition coefficient (Wildman–Crippen LogP) is 4.50. The number of hydrogen-bond acceptors (Lipinski definition) is 4. The summed E-state index contributed by atoms with van der Waals surface area (Å²) in [4.78, 5) is 11.2. The molecule has 28 heavy (non-hydrogen) atoms. The minimum absolute atomic E-state index is 0. The molecule has 1 atom stereocenters. The smallest absolute Gasteiger partial charge is 0.370 e. The van der Waals surface area contributed by atoms with Gasteiger partial charge in [0.2, 0.25) is 5.95 Å². The van der Waals surface area contributed by atoms with Crippen LogP contribution in [0.2, 0.25) is 10.0 Å². The third-order valence-corrected chi connectivity index (χ3v) is 3.98. The normalized spacial score (nSPS) is 12.9. The maximum absolute atomic E-state index is 12.6. The van der Waals surface area contributed by atoms with Crippen LogP contribution in [0.1, 0.15) is 24.2 Å². The number of halogens is 6. The van der Waals surface area contributed by atoms with Crippen LogP contribution in [0.5, 0.6) is 0 Å². The van der Waals surface area contributed by atoms with Gasteiger partial charge < -0.3 is 16.4 Å². The first-order valence-corrected chi connectivity index (χ1v) is 8.58. The lowest BCUT2D eigenvalue weighted by Crippen LogP contribution is -2.34. The Morgan fingerprint density at radius 3 is 2.64 bits per heavy atom. The van der Waals surface area contributed by atoms with E-state index in [4.69, 9.17) is 28.9 Å². The molecule has 0 fully saturated rings. The molecule has 0 aliphatic heterocycles. The van der Waals surface area contributed by atoms with Crippen molar-refractivity contribution in [2.45, 2.75) is 19.1 Å². The molecule has 12 heteroatoms. The van der Waals surface area contributed by atoms with Crippen molar-refractivity contribution in [3.8, 4) is 0 Å². The number of anilines is 1. The molecule has 1 aromatic carbocycles. The summed E-state index contributed by atoms with van der Waals surface area (Å²) in [6, 6.07) is 5.71. The Morgan fingerprint density at radius 1 is 1.29 bits per heavy atom. The SMILES string of the molecule is CC(NC(N)=NCCNc1nccc(C(F)(F)F)n1)c1ccc(Cl)cc1Cl.I. The van der Waals surface area contributed by atoms with Crippen molar-refractivity contribution in [1.29, 1.82) is 0 Å². The van der Waals surface area contributed by atoms with E-state index < -0.39 is 11.9 Å². The van der Waals surface area contributed by atoms with E-state index in [1.54, 1.807) is 18.2 Å². The third kappa shape index (κ3) is 7.47. The Kier molecular flexibility index (Phi) is 9.51. The van der Waals surface area contributed by atoms with Gasteiger partial charge in [-0.2, -0.15) is 13.2 Å². The van der Waals surface area contributed by atoms with Crippen LogP contribution in [0.15, 0.2) is 35.5 Å². The maximum Gasteiger partial charge on any atom is 0.433 e. The molecular weight excluding hydrogens is 531 g/mol. The number of nitrogens with two attached hydrogens (primary N) is 1. The molecule has 0 amide bonds. The lowest BCUT2D eigenvalue weighted by Gasteiger charge is -2.16. The third-order valence-electron chi connectivity index (χ3n) is 3.42. The van der Waals surface area contributed by atoms with Crippen LogP contribution in [-0.4, -0.2) is 29.0 Å². The monoisotopic (exact) mass is 548 g/mol. The van der Waals surface area contributed by atoms with E-state index in [2.05, 4.69) is 25.6 Å². The molecule has 1 unspecified atom stereocenters. The topological polar surface area (TPSA) is 88.2 Å².